The molecule has 2 saturated heterocycles. The van der Waals surface area contributed by atoms with Gasteiger partial charge in [0.25, 0.3) is 0 Å². The Morgan fingerprint density at radius 3 is 2.68 bits per heavy atom. The average molecular weight is 469 g/mol. The first-order chi connectivity index (χ1) is 16.3. The van der Waals surface area contributed by atoms with E-state index in [2.05, 4.69) is 10.3 Å². The van der Waals surface area contributed by atoms with E-state index < -0.39 is 6.03 Å². The van der Waals surface area contributed by atoms with Crippen LogP contribution in [0.4, 0.5) is 15.1 Å². The van der Waals surface area contributed by atoms with Crippen molar-refractivity contribution < 1.29 is 18.8 Å². The summed E-state index contributed by atoms with van der Waals surface area (Å²) in [6, 6.07) is 5.41. The summed E-state index contributed by atoms with van der Waals surface area (Å²) in [5, 5.41) is 2.64. The van der Waals surface area contributed by atoms with Crippen LogP contribution in [0.15, 0.2) is 30.5 Å². The number of likely N-dealkylation sites (tertiary alicyclic amines) is 1. The minimum absolute atomic E-state index is 0.0459. The first-order valence-corrected chi connectivity index (χ1v) is 11.5. The topological polar surface area (TPSA) is 98.7 Å². The van der Waals surface area contributed by atoms with Gasteiger partial charge in [-0.3, -0.25) is 14.5 Å². The fourth-order valence-corrected chi connectivity index (χ4v) is 4.42. The van der Waals surface area contributed by atoms with Gasteiger partial charge in [-0.25, -0.2) is 19.2 Å². The van der Waals surface area contributed by atoms with E-state index in [1.807, 2.05) is 14.1 Å². The molecule has 0 aliphatic carbocycles. The predicted octanol–water partition coefficient (Wildman–Crippen LogP) is 2.73. The summed E-state index contributed by atoms with van der Waals surface area (Å²) in [7, 11) is 3.70. The molecule has 0 spiro atoms. The molecule has 0 saturated carbocycles. The quantitative estimate of drug-likeness (QED) is 0.700. The van der Waals surface area contributed by atoms with E-state index in [1.54, 1.807) is 28.1 Å². The highest BCUT2D eigenvalue weighted by molar-refractivity contribution is 5.97. The van der Waals surface area contributed by atoms with Crippen LogP contribution < -0.4 is 10.2 Å². The van der Waals surface area contributed by atoms with Crippen molar-refractivity contribution in [2.45, 2.75) is 38.1 Å². The molecule has 180 valence electrons. The minimum atomic E-state index is -0.454. The number of aromatic nitrogens is 2. The maximum absolute atomic E-state index is 13.5. The molecule has 2 aliphatic rings. The molecular formula is C24H29FN6O3. The molecule has 1 atom stereocenters. The zero-order valence-electron chi connectivity index (χ0n) is 19.5. The third kappa shape index (κ3) is 5.00. The highest BCUT2D eigenvalue weighted by Crippen LogP contribution is 2.36. The number of piperidine rings is 1. The Morgan fingerprint density at radius 2 is 1.97 bits per heavy atom. The molecule has 3 heterocycles. The Morgan fingerprint density at radius 1 is 1.21 bits per heavy atom. The number of carbonyl (C=O) groups excluding carboxylic acids is 3. The van der Waals surface area contributed by atoms with Crippen molar-refractivity contribution in [1.82, 2.24) is 25.1 Å². The molecule has 34 heavy (non-hydrogen) atoms. The van der Waals surface area contributed by atoms with Gasteiger partial charge in [-0.05, 0) is 37.0 Å². The van der Waals surface area contributed by atoms with Gasteiger partial charge in [0.05, 0.1) is 11.7 Å². The summed E-state index contributed by atoms with van der Waals surface area (Å²) in [6.07, 6.45) is 4.54. The second-order valence-electron chi connectivity index (χ2n) is 8.75. The van der Waals surface area contributed by atoms with Crippen molar-refractivity contribution in [2.24, 2.45) is 0 Å². The van der Waals surface area contributed by atoms with Crippen LogP contribution in [-0.2, 0) is 9.59 Å². The lowest BCUT2D eigenvalue weighted by Gasteiger charge is -2.37. The van der Waals surface area contributed by atoms with E-state index in [0.29, 0.717) is 24.7 Å². The molecule has 1 aromatic carbocycles. The molecule has 0 radical (unpaired) electrons. The fourth-order valence-electron chi connectivity index (χ4n) is 4.42. The fraction of sp³-hybridized carbons (Fsp3) is 0.458. The molecular weight excluding hydrogens is 439 g/mol. The van der Waals surface area contributed by atoms with E-state index >= 15 is 0 Å². The lowest BCUT2D eigenvalue weighted by atomic mass is 9.93. The van der Waals surface area contributed by atoms with Crippen molar-refractivity contribution in [1.29, 1.82) is 0 Å². The first kappa shape index (κ1) is 23.6. The Labute approximate surface area is 198 Å². The van der Waals surface area contributed by atoms with Crippen LogP contribution in [0, 0.1) is 5.82 Å². The molecule has 1 unspecified atom stereocenters. The third-order valence-electron chi connectivity index (χ3n) is 6.21. The van der Waals surface area contributed by atoms with Crippen molar-refractivity contribution in [3.05, 3.63) is 42.0 Å². The molecule has 0 bridgehead atoms. The monoisotopic (exact) mass is 468 g/mol. The van der Waals surface area contributed by atoms with E-state index in [9.17, 15) is 18.8 Å². The van der Waals surface area contributed by atoms with E-state index in [0.717, 1.165) is 35.3 Å². The lowest BCUT2D eigenvalue weighted by molar-refractivity contribution is -0.136. The van der Waals surface area contributed by atoms with Gasteiger partial charge < -0.3 is 15.1 Å². The summed E-state index contributed by atoms with van der Waals surface area (Å²) in [4.78, 5) is 51.4. The van der Waals surface area contributed by atoms with E-state index in [1.165, 1.54) is 12.1 Å². The summed E-state index contributed by atoms with van der Waals surface area (Å²) >= 11 is 0. The van der Waals surface area contributed by atoms with E-state index in [4.69, 9.17) is 4.98 Å². The summed E-state index contributed by atoms with van der Waals surface area (Å²) in [6.45, 7) is 0.933. The number of nitrogens with one attached hydrogen (secondary N) is 1. The number of imide groups is 1. The predicted molar refractivity (Wildman–Crippen MR) is 124 cm³/mol. The number of rotatable bonds is 6. The van der Waals surface area contributed by atoms with E-state index in [-0.39, 0.29) is 43.1 Å². The number of urea groups is 1. The van der Waals surface area contributed by atoms with Crippen LogP contribution in [0.2, 0.25) is 0 Å². The first-order valence-electron chi connectivity index (χ1n) is 11.5. The smallest absolute Gasteiger partial charge is 0.324 e. The minimum Gasteiger partial charge on any atom is -0.347 e. The number of hydrogen-bond donors (Lipinski definition) is 1. The van der Waals surface area contributed by atoms with Crippen LogP contribution in [0.3, 0.4) is 0 Å². The highest BCUT2D eigenvalue weighted by atomic mass is 19.1. The van der Waals surface area contributed by atoms with Crippen molar-refractivity contribution in [2.75, 3.05) is 38.6 Å². The maximum Gasteiger partial charge on any atom is 0.324 e. The summed E-state index contributed by atoms with van der Waals surface area (Å²) in [5.41, 5.74) is 2.24. The molecule has 9 nitrogen and oxygen atoms in total. The zero-order valence-corrected chi connectivity index (χ0v) is 19.5. The van der Waals surface area contributed by atoms with Crippen LogP contribution in [-0.4, -0.2) is 71.3 Å². The second-order valence-corrected chi connectivity index (χ2v) is 8.75. The molecule has 1 N–H and O–H groups in total. The maximum atomic E-state index is 13.5. The van der Waals surface area contributed by atoms with Crippen LogP contribution in [0.1, 0.15) is 43.8 Å². The summed E-state index contributed by atoms with van der Waals surface area (Å²) < 4.78 is 13.5. The molecule has 10 heteroatoms. The number of nitrogens with zero attached hydrogens (tertiary/aromatic N) is 5. The van der Waals surface area contributed by atoms with Gasteiger partial charge in [-0.15, -0.1) is 0 Å². The Hall–Kier alpha value is -3.56. The number of carbonyl (C=O) groups is 3. The van der Waals surface area contributed by atoms with Gasteiger partial charge in [-0.2, -0.15) is 0 Å². The van der Waals surface area contributed by atoms with Gasteiger partial charge >= 0.3 is 6.03 Å². The van der Waals surface area contributed by atoms with Gasteiger partial charge in [0.1, 0.15) is 5.82 Å². The van der Waals surface area contributed by atoms with Gasteiger partial charge in [0.15, 0.2) is 0 Å². The van der Waals surface area contributed by atoms with Crippen LogP contribution in [0.25, 0.3) is 11.1 Å². The second kappa shape index (κ2) is 10.1. The number of anilines is 1. The van der Waals surface area contributed by atoms with Crippen molar-refractivity contribution in [3.63, 3.8) is 0 Å². The van der Waals surface area contributed by atoms with Crippen molar-refractivity contribution >= 4 is 23.8 Å². The molecule has 4 amide bonds. The largest absolute Gasteiger partial charge is 0.347 e. The standard InChI is InChI=1S/C24H29FN6O3/c1-29(2)23-27-15-18(16-6-8-17(25)9-7-16)22(28-23)19-5-3-4-13-30(19)21(33)11-14-31-20(32)10-12-26-24(31)34/h6-9,15,19H,3-5,10-14H2,1-2H3,(H,26,34). The number of hydrogen-bond acceptors (Lipinski definition) is 6. The van der Waals surface area contributed by atoms with Crippen molar-refractivity contribution in [3.8, 4) is 11.1 Å². The number of halogens is 1. The Kier molecular flexibility index (Phi) is 7.04. The average Bonchev–Trinajstić information content (AvgIpc) is 2.84. The molecule has 2 fully saturated rings. The molecule has 4 rings (SSSR count). The third-order valence-corrected chi connectivity index (χ3v) is 6.21. The van der Waals surface area contributed by atoms with Gasteiger partial charge in [0, 0.05) is 58.3 Å². The van der Waals surface area contributed by atoms with Gasteiger partial charge in [-0.1, -0.05) is 12.1 Å². The summed E-state index contributed by atoms with van der Waals surface area (Å²) in [5.74, 6) is -0.209. The Bertz CT molecular complexity index is 1060. The highest BCUT2D eigenvalue weighted by Gasteiger charge is 2.33. The van der Waals surface area contributed by atoms with Crippen LogP contribution in [0.5, 0.6) is 0 Å². The normalized spacial score (nSPS) is 18.6. The number of benzene rings is 1. The number of amides is 4. The van der Waals surface area contributed by atoms with Gasteiger partial charge in [0.2, 0.25) is 17.8 Å². The molecule has 2 aliphatic heterocycles. The SMILES string of the molecule is CN(C)c1ncc(-c2ccc(F)cc2)c(C2CCCCN2C(=O)CCN2C(=O)CCNC2=O)n1. The van der Waals surface area contributed by atoms with Crippen LogP contribution >= 0.6 is 0 Å². The zero-order chi connectivity index (χ0) is 24.2. The molecule has 2 aromatic rings. The Balaban J connectivity index is 1.62. The lowest BCUT2D eigenvalue weighted by Crippen LogP contribution is -2.51. The molecule has 1 aromatic heterocycles.